The highest BCUT2D eigenvalue weighted by Crippen LogP contribution is 2.27. The molecular formula is C32H29. The molecule has 0 aliphatic heterocycles. The summed E-state index contributed by atoms with van der Waals surface area (Å²) in [5, 5.41) is 2.45. The molecule has 0 aromatic heterocycles. The second-order valence-corrected chi connectivity index (χ2v) is 9.00. The van der Waals surface area contributed by atoms with Crippen LogP contribution in [-0.2, 0) is 6.42 Å². The molecule has 0 spiro atoms. The van der Waals surface area contributed by atoms with Crippen molar-refractivity contribution < 1.29 is 0 Å². The summed E-state index contributed by atoms with van der Waals surface area (Å²) in [6, 6.07) is 33.5. The van der Waals surface area contributed by atoms with Crippen molar-refractivity contribution in [1.82, 2.24) is 0 Å². The molecule has 0 amide bonds. The van der Waals surface area contributed by atoms with Crippen LogP contribution in [0.15, 0.2) is 91.0 Å². The second kappa shape index (κ2) is 8.63. The van der Waals surface area contributed by atoms with E-state index in [0.717, 1.165) is 6.42 Å². The molecule has 1 aliphatic carbocycles. The van der Waals surface area contributed by atoms with Gasteiger partial charge in [0.15, 0.2) is 0 Å². The fourth-order valence-electron chi connectivity index (χ4n) is 4.72. The second-order valence-electron chi connectivity index (χ2n) is 9.00. The topological polar surface area (TPSA) is 0 Å². The van der Waals surface area contributed by atoms with Crippen LogP contribution < -0.4 is 10.4 Å². The van der Waals surface area contributed by atoms with E-state index in [2.05, 4.69) is 118 Å². The van der Waals surface area contributed by atoms with Crippen molar-refractivity contribution in [2.24, 2.45) is 0 Å². The van der Waals surface area contributed by atoms with Crippen molar-refractivity contribution in [3.63, 3.8) is 0 Å². The highest BCUT2D eigenvalue weighted by Gasteiger charge is 2.15. The van der Waals surface area contributed by atoms with Crippen molar-refractivity contribution in [2.45, 2.75) is 39.5 Å². The minimum atomic E-state index is 0.526. The molecule has 32 heavy (non-hydrogen) atoms. The third-order valence-corrected chi connectivity index (χ3v) is 6.46. The van der Waals surface area contributed by atoms with Gasteiger partial charge in [-0.3, -0.25) is 0 Å². The smallest absolute Gasteiger partial charge is 0.000741 e. The number of hydrogen-bond donors (Lipinski definition) is 0. The van der Waals surface area contributed by atoms with Crippen LogP contribution in [0, 0.1) is 0 Å². The average Bonchev–Trinajstić information content (AvgIpc) is 3.20. The Kier molecular flexibility index (Phi) is 5.53. The number of aryl methyl sites for hydroxylation is 1. The molecule has 0 saturated carbocycles. The molecule has 0 fully saturated rings. The first-order valence-corrected chi connectivity index (χ1v) is 11.7. The minimum Gasteiger partial charge on any atom is -0.0651 e. The van der Waals surface area contributed by atoms with Crippen LogP contribution in [0.5, 0.6) is 0 Å². The SMILES string of the molecule is CCCc1ccc(C(c2ccc(C(C)C)cc2)=c2cccc3c2=[C]c2ccccc2-3)cc1. The predicted octanol–water partition coefficient (Wildman–Crippen LogP) is 6.70. The van der Waals surface area contributed by atoms with E-state index in [9.17, 15) is 0 Å². The van der Waals surface area contributed by atoms with Crippen molar-refractivity contribution >= 4 is 11.6 Å². The van der Waals surface area contributed by atoms with Crippen LogP contribution in [0.2, 0.25) is 0 Å². The zero-order valence-corrected chi connectivity index (χ0v) is 19.2. The summed E-state index contributed by atoms with van der Waals surface area (Å²) in [5.74, 6) is 0.526. The lowest BCUT2D eigenvalue weighted by Crippen LogP contribution is -2.28. The van der Waals surface area contributed by atoms with Crippen LogP contribution in [0.4, 0.5) is 0 Å². The predicted molar refractivity (Wildman–Crippen MR) is 136 cm³/mol. The monoisotopic (exact) mass is 413 g/mol. The molecule has 0 unspecified atom stereocenters. The number of fused-ring (bicyclic) bond motifs is 3. The third-order valence-electron chi connectivity index (χ3n) is 6.46. The zero-order chi connectivity index (χ0) is 22.1. The molecule has 157 valence electrons. The van der Waals surface area contributed by atoms with Crippen LogP contribution in [0.1, 0.15) is 60.9 Å². The van der Waals surface area contributed by atoms with Gasteiger partial charge in [0, 0.05) is 0 Å². The van der Waals surface area contributed by atoms with Gasteiger partial charge in [0.1, 0.15) is 0 Å². The molecule has 0 heterocycles. The van der Waals surface area contributed by atoms with Gasteiger partial charge in [0.2, 0.25) is 0 Å². The van der Waals surface area contributed by atoms with Crippen LogP contribution in [0.3, 0.4) is 0 Å². The largest absolute Gasteiger partial charge is 0.0651 e. The Hall–Kier alpha value is -3.38. The quantitative estimate of drug-likeness (QED) is 0.301. The van der Waals surface area contributed by atoms with E-state index < -0.39 is 0 Å². The summed E-state index contributed by atoms with van der Waals surface area (Å²) in [5.41, 5.74) is 10.3. The van der Waals surface area contributed by atoms with Gasteiger partial charge in [-0.2, -0.15) is 0 Å². The lowest BCUT2D eigenvalue weighted by Gasteiger charge is -2.13. The van der Waals surface area contributed by atoms with Gasteiger partial charge in [0.25, 0.3) is 0 Å². The highest BCUT2D eigenvalue weighted by atomic mass is 14.2. The first kappa shape index (κ1) is 20.5. The molecule has 0 nitrogen and oxygen atoms in total. The van der Waals surface area contributed by atoms with E-state index in [-0.39, 0.29) is 0 Å². The maximum atomic E-state index is 3.71. The molecule has 4 aromatic carbocycles. The summed E-state index contributed by atoms with van der Waals surface area (Å²) in [7, 11) is 0. The highest BCUT2D eigenvalue weighted by molar-refractivity contribution is 5.86. The normalized spacial score (nSPS) is 12.9. The van der Waals surface area contributed by atoms with Gasteiger partial charge in [-0.15, -0.1) is 0 Å². The van der Waals surface area contributed by atoms with Crippen LogP contribution in [-0.4, -0.2) is 0 Å². The zero-order valence-electron chi connectivity index (χ0n) is 19.2. The lowest BCUT2D eigenvalue weighted by atomic mass is 9.91. The molecule has 5 rings (SSSR count). The Labute approximate surface area is 191 Å². The van der Waals surface area contributed by atoms with Crippen molar-refractivity contribution in [1.29, 1.82) is 0 Å². The first-order valence-electron chi connectivity index (χ1n) is 11.7. The Morgan fingerprint density at radius 3 is 2.06 bits per heavy atom. The number of hydrogen-bond acceptors (Lipinski definition) is 0. The standard InChI is InChI=1S/C32H29/c1-4-8-23-13-15-25(16-14-23)32(26-19-17-24(18-20-26)22(2)3)30-12-7-11-29-28-10-6-5-9-27(28)21-31(29)30/h5-7,9-20,22H,4,8H2,1-3H3. The van der Waals surface area contributed by atoms with Gasteiger partial charge >= 0.3 is 0 Å². The Bertz CT molecular complexity index is 1370. The molecule has 0 heteroatoms. The molecule has 1 aliphatic rings. The van der Waals surface area contributed by atoms with E-state index in [1.807, 2.05) is 0 Å². The molecule has 0 bridgehead atoms. The Balaban J connectivity index is 1.79. The van der Waals surface area contributed by atoms with Crippen LogP contribution >= 0.6 is 0 Å². The van der Waals surface area contributed by atoms with Gasteiger partial charge in [-0.25, -0.2) is 0 Å². The van der Waals surface area contributed by atoms with Gasteiger partial charge < -0.3 is 0 Å². The lowest BCUT2D eigenvalue weighted by molar-refractivity contribution is 0.866. The van der Waals surface area contributed by atoms with Gasteiger partial charge in [-0.05, 0) is 73.4 Å². The molecule has 0 saturated heterocycles. The molecule has 0 N–H and O–H groups in total. The summed E-state index contributed by atoms with van der Waals surface area (Å²) in [6.45, 7) is 6.73. The molecule has 0 atom stereocenters. The van der Waals surface area contributed by atoms with E-state index in [4.69, 9.17) is 0 Å². The van der Waals surface area contributed by atoms with Gasteiger partial charge in [-0.1, -0.05) is 118 Å². The number of rotatable bonds is 5. The fourth-order valence-corrected chi connectivity index (χ4v) is 4.72. The molecule has 1 radical (unpaired) electrons. The summed E-state index contributed by atoms with van der Waals surface area (Å²) in [6.07, 6.45) is 6.00. The third kappa shape index (κ3) is 3.71. The maximum absolute atomic E-state index is 3.71. The Morgan fingerprint density at radius 2 is 1.38 bits per heavy atom. The van der Waals surface area contributed by atoms with E-state index >= 15 is 0 Å². The van der Waals surface area contributed by atoms with E-state index in [1.54, 1.807) is 0 Å². The van der Waals surface area contributed by atoms with Gasteiger partial charge in [0.05, 0.1) is 0 Å². The molecular weight excluding hydrogens is 384 g/mol. The summed E-state index contributed by atoms with van der Waals surface area (Å²) >= 11 is 0. The fraction of sp³-hybridized carbons (Fsp3) is 0.188. The average molecular weight is 414 g/mol. The number of benzene rings is 4. The maximum Gasteiger partial charge on any atom is -0.000741 e. The first-order chi connectivity index (χ1) is 15.7. The van der Waals surface area contributed by atoms with Crippen molar-refractivity contribution in [2.75, 3.05) is 0 Å². The molecule has 4 aromatic rings. The minimum absolute atomic E-state index is 0.526. The Morgan fingerprint density at radius 1 is 0.719 bits per heavy atom. The van der Waals surface area contributed by atoms with E-state index in [0.29, 0.717) is 5.92 Å². The van der Waals surface area contributed by atoms with E-state index in [1.165, 1.54) is 61.4 Å². The van der Waals surface area contributed by atoms with Crippen LogP contribution in [0.25, 0.3) is 22.8 Å². The summed E-state index contributed by atoms with van der Waals surface area (Å²) in [4.78, 5) is 0. The van der Waals surface area contributed by atoms with Crippen molar-refractivity contribution in [3.05, 3.63) is 129 Å². The summed E-state index contributed by atoms with van der Waals surface area (Å²) < 4.78 is 0. The van der Waals surface area contributed by atoms with Crippen molar-refractivity contribution in [3.8, 4) is 11.1 Å².